The van der Waals surface area contributed by atoms with Gasteiger partial charge in [-0.1, -0.05) is 64.4 Å². The van der Waals surface area contributed by atoms with Crippen molar-refractivity contribution in [3.8, 4) is 0 Å². The van der Waals surface area contributed by atoms with Crippen LogP contribution in [-0.2, 0) is 15.7 Å². The fraction of sp³-hybridized carbons (Fsp3) is 0.593. The van der Waals surface area contributed by atoms with Gasteiger partial charge in [0.1, 0.15) is 5.78 Å². The predicted octanol–water partition coefficient (Wildman–Crippen LogP) is 6.47. The van der Waals surface area contributed by atoms with E-state index in [0.29, 0.717) is 12.2 Å². The maximum Gasteiger partial charge on any atom is 0.155 e. The molecule has 1 aromatic heterocycles. The average Bonchev–Trinajstić information content (AvgIpc) is 2.99. The number of hydrogen-bond donors (Lipinski definition) is 0. The number of carbonyl (C=O) groups is 1. The number of rotatable bonds is 1. The largest absolute Gasteiger partial charge is 0.299 e. The van der Waals surface area contributed by atoms with Gasteiger partial charge >= 0.3 is 0 Å². The van der Waals surface area contributed by atoms with E-state index < -0.39 is 0 Å². The molecule has 31 heavy (non-hydrogen) atoms. The number of carbonyl (C=O) groups excluding carboxylic acids is 1. The van der Waals surface area contributed by atoms with Gasteiger partial charge in [0.2, 0.25) is 0 Å². The Bertz CT molecular complexity index is 1060. The van der Waals surface area contributed by atoms with Crippen LogP contribution in [0.3, 0.4) is 0 Å². The minimum Gasteiger partial charge on any atom is -0.299 e. The van der Waals surface area contributed by atoms with Crippen molar-refractivity contribution in [1.29, 1.82) is 0 Å². The van der Waals surface area contributed by atoms with Crippen LogP contribution in [0.2, 0.25) is 0 Å². The van der Waals surface area contributed by atoms with E-state index in [1.54, 1.807) is 0 Å². The molecule has 2 atom stereocenters. The van der Waals surface area contributed by atoms with E-state index in [2.05, 4.69) is 91.3 Å². The van der Waals surface area contributed by atoms with E-state index >= 15 is 0 Å². The molecule has 1 aliphatic carbocycles. The molecule has 1 aliphatic heterocycles. The van der Waals surface area contributed by atoms with E-state index in [4.69, 9.17) is 10.1 Å². The van der Waals surface area contributed by atoms with Gasteiger partial charge < -0.3 is 0 Å². The minimum atomic E-state index is -0.198. The fourth-order valence-electron chi connectivity index (χ4n) is 5.19. The lowest BCUT2D eigenvalue weighted by molar-refractivity contribution is -0.124. The van der Waals surface area contributed by atoms with Gasteiger partial charge in [-0.15, -0.1) is 0 Å². The first-order valence-corrected chi connectivity index (χ1v) is 11.5. The van der Waals surface area contributed by atoms with Crippen LogP contribution in [0, 0.1) is 18.3 Å². The van der Waals surface area contributed by atoms with Crippen molar-refractivity contribution in [3.63, 3.8) is 0 Å². The average molecular weight is 420 g/mol. The number of aromatic nitrogens is 2. The molecular formula is C27H37N3O. The van der Waals surface area contributed by atoms with E-state index in [1.165, 1.54) is 11.1 Å². The van der Waals surface area contributed by atoms with E-state index in [9.17, 15) is 4.79 Å². The van der Waals surface area contributed by atoms with Crippen LogP contribution < -0.4 is 0 Å². The normalized spacial score (nSPS) is 23.3. The molecule has 166 valence electrons. The number of aryl methyl sites for hydroxylation is 1. The summed E-state index contributed by atoms with van der Waals surface area (Å²) in [4.78, 5) is 18.8. The number of Topliss-reactive ketones (excluding diaryl/α,β-unsaturated/α-hetero) is 1. The summed E-state index contributed by atoms with van der Waals surface area (Å²) in [7, 11) is 0. The molecule has 4 heteroatoms. The third-order valence-corrected chi connectivity index (χ3v) is 6.59. The molecule has 1 fully saturated rings. The molecule has 0 N–H and O–H groups in total. The fourth-order valence-corrected chi connectivity index (χ4v) is 5.19. The number of hydrogen-bond acceptors (Lipinski definition) is 3. The monoisotopic (exact) mass is 419 g/mol. The van der Waals surface area contributed by atoms with Crippen molar-refractivity contribution in [2.45, 2.75) is 92.0 Å². The van der Waals surface area contributed by atoms with Crippen LogP contribution in [0.1, 0.15) is 96.5 Å². The molecule has 0 spiro atoms. The molecule has 2 unspecified atom stereocenters. The summed E-state index contributed by atoms with van der Waals surface area (Å²) in [6.07, 6.45) is 1.46. The number of aliphatic imine (C=N–C) groups is 1. The van der Waals surface area contributed by atoms with E-state index in [-0.39, 0.29) is 28.2 Å². The molecule has 1 aromatic carbocycles. The Hall–Kier alpha value is -2.23. The van der Waals surface area contributed by atoms with Gasteiger partial charge in [-0.25, -0.2) is 9.67 Å². The Kier molecular flexibility index (Phi) is 4.88. The number of ketones is 1. The molecule has 2 aromatic rings. The Morgan fingerprint density at radius 2 is 1.58 bits per heavy atom. The lowest BCUT2D eigenvalue weighted by Crippen LogP contribution is -2.43. The molecule has 0 saturated heterocycles. The van der Waals surface area contributed by atoms with Crippen molar-refractivity contribution in [1.82, 2.24) is 9.78 Å². The number of fused-ring (bicyclic) bond motifs is 2. The molecule has 1 saturated carbocycles. The summed E-state index contributed by atoms with van der Waals surface area (Å²) in [5.74, 6) is 1.04. The lowest BCUT2D eigenvalue weighted by atomic mass is 9.63. The van der Waals surface area contributed by atoms with Crippen LogP contribution in [0.5, 0.6) is 0 Å². The van der Waals surface area contributed by atoms with Crippen molar-refractivity contribution >= 4 is 17.3 Å². The summed E-state index contributed by atoms with van der Waals surface area (Å²) in [5, 5.41) is 5.15. The van der Waals surface area contributed by atoms with Gasteiger partial charge in [-0.2, -0.15) is 5.10 Å². The maximum absolute atomic E-state index is 13.6. The van der Waals surface area contributed by atoms with Crippen molar-refractivity contribution in [2.24, 2.45) is 16.3 Å². The zero-order valence-corrected chi connectivity index (χ0v) is 20.6. The molecule has 4 rings (SSSR count). The highest BCUT2D eigenvalue weighted by atomic mass is 16.1. The second kappa shape index (κ2) is 6.88. The molecule has 2 aliphatic rings. The van der Waals surface area contributed by atoms with Gasteiger partial charge in [0, 0.05) is 29.0 Å². The van der Waals surface area contributed by atoms with Crippen LogP contribution >= 0.6 is 0 Å². The molecule has 0 radical (unpaired) electrons. The highest BCUT2D eigenvalue weighted by molar-refractivity contribution is 6.11. The third kappa shape index (κ3) is 3.79. The number of benzene rings is 1. The summed E-state index contributed by atoms with van der Waals surface area (Å²) in [6, 6.07) is 8.70. The molecule has 2 heterocycles. The molecule has 0 bridgehead atoms. The third-order valence-electron chi connectivity index (χ3n) is 6.59. The maximum atomic E-state index is 13.6. The first kappa shape index (κ1) is 22.0. The molecule has 4 nitrogen and oxygen atoms in total. The predicted molar refractivity (Wildman–Crippen MR) is 128 cm³/mol. The van der Waals surface area contributed by atoms with Crippen LogP contribution in [-0.4, -0.2) is 21.3 Å². The van der Waals surface area contributed by atoms with E-state index in [0.717, 1.165) is 29.2 Å². The van der Waals surface area contributed by atoms with Crippen molar-refractivity contribution in [2.75, 3.05) is 0 Å². The SMILES string of the molecule is Cc1ccc(C2c3c(C(C)(C)C)nn(C(C)(C)C)c3N=C3CC(C)(C)CC(=O)C32)cc1. The highest BCUT2D eigenvalue weighted by Crippen LogP contribution is 2.52. The first-order valence-electron chi connectivity index (χ1n) is 11.5. The Balaban J connectivity index is 2.06. The molecule has 0 amide bonds. The smallest absolute Gasteiger partial charge is 0.155 e. The van der Waals surface area contributed by atoms with Gasteiger partial charge in [-0.05, 0) is 45.1 Å². The quantitative estimate of drug-likeness (QED) is 0.532. The first-order chi connectivity index (χ1) is 14.2. The molecular weight excluding hydrogens is 382 g/mol. The van der Waals surface area contributed by atoms with E-state index in [1.807, 2.05) is 0 Å². The Labute approximate surface area is 187 Å². The van der Waals surface area contributed by atoms with Gasteiger partial charge in [0.25, 0.3) is 0 Å². The lowest BCUT2D eigenvalue weighted by Gasteiger charge is -2.41. The zero-order chi connectivity index (χ0) is 22.9. The second-order valence-corrected chi connectivity index (χ2v) is 12.4. The van der Waals surface area contributed by atoms with Gasteiger partial charge in [-0.3, -0.25) is 4.79 Å². The second-order valence-electron chi connectivity index (χ2n) is 12.4. The summed E-state index contributed by atoms with van der Waals surface area (Å²) < 4.78 is 2.10. The Morgan fingerprint density at radius 1 is 0.968 bits per heavy atom. The van der Waals surface area contributed by atoms with Crippen molar-refractivity contribution in [3.05, 3.63) is 46.6 Å². The standard InChI is InChI=1S/C27H37N3O/c1-16-10-12-17(13-11-16)20-21-18(14-27(8,9)15-19(21)31)28-24-22(20)23(25(2,3)4)29-30(24)26(5,6)7/h10-13,20-21H,14-15H2,1-9H3. The summed E-state index contributed by atoms with van der Waals surface area (Å²) in [5.41, 5.74) is 5.26. The van der Waals surface area contributed by atoms with Crippen LogP contribution in [0.15, 0.2) is 29.3 Å². The summed E-state index contributed by atoms with van der Waals surface area (Å²) in [6.45, 7) is 19.6. The summed E-state index contributed by atoms with van der Waals surface area (Å²) >= 11 is 0. The topological polar surface area (TPSA) is 47.2 Å². The van der Waals surface area contributed by atoms with Crippen molar-refractivity contribution < 1.29 is 4.79 Å². The Morgan fingerprint density at radius 3 is 2.13 bits per heavy atom. The zero-order valence-electron chi connectivity index (χ0n) is 20.6. The number of nitrogens with zero attached hydrogens (tertiary/aromatic N) is 3. The minimum absolute atomic E-state index is 0.0305. The van der Waals surface area contributed by atoms with Gasteiger partial charge in [0.05, 0.1) is 17.2 Å². The van der Waals surface area contributed by atoms with Gasteiger partial charge in [0.15, 0.2) is 5.82 Å². The highest BCUT2D eigenvalue weighted by Gasteiger charge is 2.49. The van der Waals surface area contributed by atoms with Crippen LogP contribution in [0.25, 0.3) is 0 Å². The van der Waals surface area contributed by atoms with Crippen LogP contribution in [0.4, 0.5) is 5.82 Å².